The summed E-state index contributed by atoms with van der Waals surface area (Å²) in [6, 6.07) is 0. The third-order valence-corrected chi connectivity index (χ3v) is 1.28. The second-order valence-electron chi connectivity index (χ2n) is 2.46. The van der Waals surface area contributed by atoms with E-state index in [1.54, 1.807) is 6.08 Å². The van der Waals surface area contributed by atoms with Gasteiger partial charge in [0.2, 0.25) is 0 Å². The highest BCUT2D eigenvalue weighted by atomic mass is 13.9. The third kappa shape index (κ3) is 4.22. The Bertz CT molecular complexity index is 227. The minimum atomic E-state index is 1.19. The fourth-order valence-corrected chi connectivity index (χ4v) is 0.706. The van der Waals surface area contributed by atoms with E-state index in [1.807, 2.05) is 25.2 Å². The zero-order valence-electron chi connectivity index (χ0n) is 7.39. The molecule has 0 atom stereocenters. The summed E-state index contributed by atoms with van der Waals surface area (Å²) in [5, 5.41) is 0. The monoisotopic (exact) mass is 146 g/mol. The van der Waals surface area contributed by atoms with Crippen LogP contribution in [0.1, 0.15) is 20.8 Å². The lowest BCUT2D eigenvalue weighted by molar-refractivity contribution is 1.34. The van der Waals surface area contributed by atoms with E-state index in [2.05, 4.69) is 19.8 Å². The van der Waals surface area contributed by atoms with E-state index >= 15 is 0 Å². The molecule has 0 nitrogen and oxygen atoms in total. The predicted molar refractivity (Wildman–Crippen MR) is 51.2 cm³/mol. The number of allylic oxidation sites excluding steroid dienone is 6. The summed E-state index contributed by atoms with van der Waals surface area (Å²) in [4.78, 5) is 0. The first kappa shape index (κ1) is 9.78. The van der Waals surface area contributed by atoms with E-state index in [0.717, 1.165) is 0 Å². The maximum atomic E-state index is 5.09. The molecule has 0 fully saturated rings. The van der Waals surface area contributed by atoms with Gasteiger partial charge in [-0.2, -0.15) is 0 Å². The average molecular weight is 146 g/mol. The lowest BCUT2D eigenvalue weighted by Gasteiger charge is -1.95. The minimum Gasteiger partial charge on any atom is -0.115 e. The summed E-state index contributed by atoms with van der Waals surface area (Å²) >= 11 is 0. The van der Waals surface area contributed by atoms with Crippen LogP contribution in [0, 0.1) is 12.3 Å². The van der Waals surface area contributed by atoms with Crippen LogP contribution in [-0.2, 0) is 0 Å². The highest BCUT2D eigenvalue weighted by Crippen LogP contribution is 2.06. The van der Waals surface area contributed by atoms with Crippen molar-refractivity contribution in [1.82, 2.24) is 0 Å². The Balaban J connectivity index is 4.54. The molecule has 0 bridgehead atoms. The van der Waals surface area contributed by atoms with Crippen LogP contribution in [-0.4, -0.2) is 0 Å². The molecule has 0 heterocycles. The molecule has 0 aromatic rings. The Labute approximate surface area is 69.3 Å². The van der Waals surface area contributed by atoms with Gasteiger partial charge in [-0.05, 0) is 38.5 Å². The largest absolute Gasteiger partial charge is 0.115 e. The van der Waals surface area contributed by atoms with E-state index < -0.39 is 0 Å². The van der Waals surface area contributed by atoms with Gasteiger partial charge in [0.15, 0.2) is 0 Å². The molecule has 0 heteroatoms. The summed E-state index contributed by atoms with van der Waals surface area (Å²) in [7, 11) is 0. The van der Waals surface area contributed by atoms with Crippen molar-refractivity contribution in [3.8, 4) is 12.3 Å². The van der Waals surface area contributed by atoms with Crippen LogP contribution in [0.3, 0.4) is 0 Å². The van der Waals surface area contributed by atoms with Gasteiger partial charge in [0.05, 0.1) is 0 Å². The number of hydrogen-bond acceptors (Lipinski definition) is 0. The van der Waals surface area contributed by atoms with E-state index in [4.69, 9.17) is 6.42 Å². The summed E-state index contributed by atoms with van der Waals surface area (Å²) in [6.45, 7) is 6.12. The molecule has 0 saturated heterocycles. The van der Waals surface area contributed by atoms with Gasteiger partial charge in [-0.15, -0.1) is 6.42 Å². The Morgan fingerprint density at radius 2 is 1.91 bits per heavy atom. The van der Waals surface area contributed by atoms with Gasteiger partial charge in [0.1, 0.15) is 0 Å². The predicted octanol–water partition coefficient (Wildman–Crippen LogP) is 3.09. The standard InChI is InChI=1S/C11H14/c1-5-7-9-11(8-6-2)10(3)4/h1,6-9H,2-4H3/b8-6-,9-7-. The first-order chi connectivity index (χ1) is 5.22. The lowest BCUT2D eigenvalue weighted by Crippen LogP contribution is -1.75. The molecule has 0 amide bonds. The van der Waals surface area contributed by atoms with Crippen LogP contribution < -0.4 is 0 Å². The number of terminal acetylenes is 1. The van der Waals surface area contributed by atoms with Crippen molar-refractivity contribution in [3.63, 3.8) is 0 Å². The fourth-order valence-electron chi connectivity index (χ4n) is 0.706. The van der Waals surface area contributed by atoms with Crippen molar-refractivity contribution in [1.29, 1.82) is 0 Å². The van der Waals surface area contributed by atoms with Crippen LogP contribution >= 0.6 is 0 Å². The van der Waals surface area contributed by atoms with E-state index in [9.17, 15) is 0 Å². The molecule has 0 aliphatic rings. The van der Waals surface area contributed by atoms with Gasteiger partial charge >= 0.3 is 0 Å². The van der Waals surface area contributed by atoms with E-state index in [0.29, 0.717) is 0 Å². The zero-order chi connectivity index (χ0) is 8.69. The average Bonchev–Trinajstić information content (AvgIpc) is 1.97. The Hall–Kier alpha value is -1.22. The van der Waals surface area contributed by atoms with Crippen LogP contribution in [0.15, 0.2) is 35.5 Å². The second-order valence-corrected chi connectivity index (χ2v) is 2.46. The highest BCUT2D eigenvalue weighted by molar-refractivity contribution is 5.36. The smallest absolute Gasteiger partial charge is 0.0116 e. The van der Waals surface area contributed by atoms with E-state index in [1.165, 1.54) is 11.1 Å². The molecule has 0 aliphatic heterocycles. The molecule has 0 N–H and O–H groups in total. The van der Waals surface area contributed by atoms with E-state index in [-0.39, 0.29) is 0 Å². The SMILES string of the molecule is C#C/C=C\C(/C=C\C)=C(C)C. The lowest BCUT2D eigenvalue weighted by atomic mass is 10.1. The van der Waals surface area contributed by atoms with Crippen molar-refractivity contribution in [2.75, 3.05) is 0 Å². The Morgan fingerprint density at radius 1 is 1.27 bits per heavy atom. The number of hydrogen-bond donors (Lipinski definition) is 0. The van der Waals surface area contributed by atoms with Crippen molar-refractivity contribution in [2.24, 2.45) is 0 Å². The number of rotatable bonds is 2. The molecule has 0 radical (unpaired) electrons. The fraction of sp³-hybridized carbons (Fsp3) is 0.273. The minimum absolute atomic E-state index is 1.19. The Morgan fingerprint density at radius 3 is 2.27 bits per heavy atom. The molecule has 0 saturated carbocycles. The van der Waals surface area contributed by atoms with Gasteiger partial charge in [-0.25, -0.2) is 0 Å². The molecule has 58 valence electrons. The van der Waals surface area contributed by atoms with Crippen LogP contribution in [0.5, 0.6) is 0 Å². The first-order valence-electron chi connectivity index (χ1n) is 3.65. The molecule has 0 aromatic carbocycles. The van der Waals surface area contributed by atoms with Crippen LogP contribution in [0.25, 0.3) is 0 Å². The van der Waals surface area contributed by atoms with Crippen molar-refractivity contribution in [3.05, 3.63) is 35.5 Å². The van der Waals surface area contributed by atoms with Crippen molar-refractivity contribution in [2.45, 2.75) is 20.8 Å². The van der Waals surface area contributed by atoms with Gasteiger partial charge in [0, 0.05) is 0 Å². The van der Waals surface area contributed by atoms with Gasteiger partial charge in [0.25, 0.3) is 0 Å². The molecular formula is C11H14. The summed E-state index contributed by atoms with van der Waals surface area (Å²) < 4.78 is 0. The van der Waals surface area contributed by atoms with Crippen molar-refractivity contribution >= 4 is 0 Å². The molecule has 0 aliphatic carbocycles. The normalized spacial score (nSPS) is 10.4. The molecule has 0 unspecified atom stereocenters. The second kappa shape index (κ2) is 5.56. The quantitative estimate of drug-likeness (QED) is 0.415. The first-order valence-corrected chi connectivity index (χ1v) is 3.65. The summed E-state index contributed by atoms with van der Waals surface area (Å²) in [6.07, 6.45) is 12.8. The van der Waals surface area contributed by atoms with Gasteiger partial charge in [-0.3, -0.25) is 0 Å². The van der Waals surface area contributed by atoms with Crippen LogP contribution in [0.2, 0.25) is 0 Å². The molecule has 0 spiro atoms. The molecule has 0 rings (SSSR count). The van der Waals surface area contributed by atoms with Gasteiger partial charge in [-0.1, -0.05) is 23.6 Å². The zero-order valence-corrected chi connectivity index (χ0v) is 7.39. The van der Waals surface area contributed by atoms with Gasteiger partial charge < -0.3 is 0 Å². The van der Waals surface area contributed by atoms with Crippen molar-refractivity contribution < 1.29 is 0 Å². The maximum Gasteiger partial charge on any atom is -0.0116 e. The molecule has 11 heavy (non-hydrogen) atoms. The molecular weight excluding hydrogens is 132 g/mol. The Kier molecular flexibility index (Phi) is 4.94. The topological polar surface area (TPSA) is 0 Å². The van der Waals surface area contributed by atoms with Crippen LogP contribution in [0.4, 0.5) is 0 Å². The highest BCUT2D eigenvalue weighted by Gasteiger charge is 1.86. The summed E-state index contributed by atoms with van der Waals surface area (Å²) in [5.74, 6) is 2.46. The maximum absolute atomic E-state index is 5.09. The summed E-state index contributed by atoms with van der Waals surface area (Å²) in [5.41, 5.74) is 2.46. The molecule has 0 aromatic heterocycles. The third-order valence-electron chi connectivity index (χ3n) is 1.28.